The predicted octanol–water partition coefficient (Wildman–Crippen LogP) is 2.03. The van der Waals surface area contributed by atoms with Gasteiger partial charge in [0.15, 0.2) is 11.6 Å². The van der Waals surface area contributed by atoms with Crippen LogP contribution < -0.4 is 4.74 Å². The third-order valence-electron chi connectivity index (χ3n) is 1.21. The highest BCUT2D eigenvalue weighted by atomic mass is 19.1. The molecule has 0 heterocycles. The molecule has 0 saturated carbocycles. The van der Waals surface area contributed by atoms with Crippen molar-refractivity contribution < 1.29 is 22.7 Å². The number of rotatable bonds is 1. The molecule has 0 aliphatic carbocycles. The quantitative estimate of drug-likeness (QED) is 0.500. The molecule has 0 aliphatic rings. The van der Waals surface area contributed by atoms with Crippen molar-refractivity contribution in [2.45, 2.75) is 6.92 Å². The fourth-order valence-corrected chi connectivity index (χ4v) is 0.770. The largest absolute Gasteiger partial charge is 0.420 e. The third-order valence-corrected chi connectivity index (χ3v) is 1.21. The SMILES string of the molecule is CC(=O)Oc1c(F)cc(F)cc1F. The number of carbonyl (C=O) groups excluding carboxylic acids is 1. The lowest BCUT2D eigenvalue weighted by molar-refractivity contribution is -0.132. The molecule has 0 N–H and O–H groups in total. The summed E-state index contributed by atoms with van der Waals surface area (Å²) in [5, 5.41) is 0. The first-order chi connectivity index (χ1) is 6.00. The van der Waals surface area contributed by atoms with Crippen LogP contribution in [-0.4, -0.2) is 5.97 Å². The van der Waals surface area contributed by atoms with Crippen LogP contribution in [0.4, 0.5) is 13.2 Å². The molecule has 5 heteroatoms. The third kappa shape index (κ3) is 2.21. The van der Waals surface area contributed by atoms with Gasteiger partial charge in [-0.3, -0.25) is 4.79 Å². The minimum atomic E-state index is -1.24. The molecular formula is C8H5F3O2. The van der Waals surface area contributed by atoms with Gasteiger partial charge in [0, 0.05) is 19.1 Å². The molecule has 70 valence electrons. The summed E-state index contributed by atoms with van der Waals surface area (Å²) in [6.45, 7) is 0.988. The number of halogens is 3. The van der Waals surface area contributed by atoms with Crippen molar-refractivity contribution in [3.05, 3.63) is 29.6 Å². The fraction of sp³-hybridized carbons (Fsp3) is 0.125. The minimum absolute atomic E-state index is 0.432. The van der Waals surface area contributed by atoms with Crippen molar-refractivity contribution in [2.75, 3.05) is 0 Å². The van der Waals surface area contributed by atoms with E-state index in [1.807, 2.05) is 0 Å². The molecule has 0 amide bonds. The molecule has 13 heavy (non-hydrogen) atoms. The summed E-state index contributed by atoms with van der Waals surface area (Å²) in [6.07, 6.45) is 0. The highest BCUT2D eigenvalue weighted by Gasteiger charge is 2.14. The van der Waals surface area contributed by atoms with Crippen molar-refractivity contribution in [1.29, 1.82) is 0 Å². The van der Waals surface area contributed by atoms with Gasteiger partial charge < -0.3 is 4.74 Å². The molecule has 1 aromatic rings. The van der Waals surface area contributed by atoms with Crippen molar-refractivity contribution in [3.8, 4) is 5.75 Å². The second-order valence-corrected chi connectivity index (χ2v) is 2.29. The van der Waals surface area contributed by atoms with Crippen LogP contribution in [0.2, 0.25) is 0 Å². The zero-order valence-corrected chi connectivity index (χ0v) is 6.61. The first kappa shape index (κ1) is 9.57. The van der Waals surface area contributed by atoms with E-state index in [1.54, 1.807) is 0 Å². The smallest absolute Gasteiger partial charge is 0.308 e. The Hall–Kier alpha value is -1.52. The van der Waals surface area contributed by atoms with E-state index < -0.39 is 29.2 Å². The molecule has 0 atom stereocenters. The van der Waals surface area contributed by atoms with E-state index in [-0.39, 0.29) is 0 Å². The maximum Gasteiger partial charge on any atom is 0.308 e. The van der Waals surface area contributed by atoms with Gasteiger partial charge in [-0.15, -0.1) is 0 Å². The molecular weight excluding hydrogens is 185 g/mol. The predicted molar refractivity (Wildman–Crippen MR) is 37.6 cm³/mol. The maximum atomic E-state index is 12.7. The van der Waals surface area contributed by atoms with E-state index in [9.17, 15) is 18.0 Å². The van der Waals surface area contributed by atoms with Gasteiger partial charge in [0.1, 0.15) is 5.82 Å². The summed E-state index contributed by atoms with van der Waals surface area (Å²) in [7, 11) is 0. The second kappa shape index (κ2) is 3.47. The molecule has 1 aromatic carbocycles. The normalized spacial score (nSPS) is 9.85. The topological polar surface area (TPSA) is 26.3 Å². The van der Waals surface area contributed by atoms with Crippen molar-refractivity contribution in [3.63, 3.8) is 0 Å². The Labute approximate surface area is 71.9 Å². The Morgan fingerprint density at radius 1 is 1.23 bits per heavy atom. The minimum Gasteiger partial charge on any atom is -0.420 e. The van der Waals surface area contributed by atoms with Crippen molar-refractivity contribution in [1.82, 2.24) is 0 Å². The summed E-state index contributed by atoms with van der Waals surface area (Å²) in [6, 6.07) is 0.864. The van der Waals surface area contributed by atoms with Gasteiger partial charge in [-0.2, -0.15) is 0 Å². The Morgan fingerprint density at radius 2 is 1.69 bits per heavy atom. The summed E-state index contributed by atoms with van der Waals surface area (Å²) >= 11 is 0. The number of benzene rings is 1. The van der Waals surface area contributed by atoms with Gasteiger partial charge in [-0.05, 0) is 0 Å². The fourth-order valence-electron chi connectivity index (χ4n) is 0.770. The molecule has 0 radical (unpaired) electrons. The maximum absolute atomic E-state index is 12.7. The second-order valence-electron chi connectivity index (χ2n) is 2.29. The number of carbonyl (C=O) groups is 1. The molecule has 0 bridgehead atoms. The zero-order valence-electron chi connectivity index (χ0n) is 6.61. The van der Waals surface area contributed by atoms with Gasteiger partial charge in [-0.1, -0.05) is 0 Å². The van der Waals surface area contributed by atoms with E-state index in [0.29, 0.717) is 12.1 Å². The lowest BCUT2D eigenvalue weighted by atomic mass is 10.3. The first-order valence-electron chi connectivity index (χ1n) is 3.33. The van der Waals surface area contributed by atoms with Crippen LogP contribution in [0.25, 0.3) is 0 Å². The molecule has 0 unspecified atom stereocenters. The lowest BCUT2D eigenvalue weighted by Gasteiger charge is -2.03. The van der Waals surface area contributed by atoms with Gasteiger partial charge in [0.2, 0.25) is 5.75 Å². The molecule has 1 rings (SSSR count). The molecule has 0 aliphatic heterocycles. The molecule has 2 nitrogen and oxygen atoms in total. The summed E-state index contributed by atoms with van der Waals surface area (Å²) in [5.74, 6) is -5.30. The van der Waals surface area contributed by atoms with Crippen LogP contribution in [0.5, 0.6) is 5.75 Å². The molecule has 0 spiro atoms. The van der Waals surface area contributed by atoms with E-state index in [4.69, 9.17) is 0 Å². The average Bonchev–Trinajstić information content (AvgIpc) is 1.96. The van der Waals surface area contributed by atoms with E-state index in [2.05, 4.69) is 4.74 Å². The van der Waals surface area contributed by atoms with Gasteiger partial charge >= 0.3 is 5.97 Å². The lowest BCUT2D eigenvalue weighted by Crippen LogP contribution is -2.05. The van der Waals surface area contributed by atoms with Crippen LogP contribution in [0, 0.1) is 17.5 Å². The first-order valence-corrected chi connectivity index (χ1v) is 3.33. The number of esters is 1. The van der Waals surface area contributed by atoms with Crippen molar-refractivity contribution in [2.24, 2.45) is 0 Å². The van der Waals surface area contributed by atoms with E-state index >= 15 is 0 Å². The Kier molecular flexibility index (Phi) is 2.55. The zero-order chi connectivity index (χ0) is 10.0. The Bertz CT molecular complexity index is 326. The summed E-state index contributed by atoms with van der Waals surface area (Å²) < 4.78 is 41.9. The number of hydrogen-bond donors (Lipinski definition) is 0. The molecule has 0 fully saturated rings. The average molecular weight is 190 g/mol. The van der Waals surface area contributed by atoms with Crippen molar-refractivity contribution >= 4 is 5.97 Å². The Morgan fingerprint density at radius 3 is 2.08 bits per heavy atom. The van der Waals surface area contributed by atoms with E-state index in [1.165, 1.54) is 0 Å². The van der Waals surface area contributed by atoms with Crippen LogP contribution in [0.1, 0.15) is 6.92 Å². The highest BCUT2D eigenvalue weighted by molar-refractivity contribution is 5.69. The van der Waals surface area contributed by atoms with E-state index in [0.717, 1.165) is 6.92 Å². The van der Waals surface area contributed by atoms with Gasteiger partial charge in [-0.25, -0.2) is 13.2 Å². The standard InChI is InChI=1S/C8H5F3O2/c1-4(12)13-8-6(10)2-5(9)3-7(8)11/h2-3H,1H3. The van der Waals surface area contributed by atoms with Crippen LogP contribution in [0.15, 0.2) is 12.1 Å². The summed E-state index contributed by atoms with van der Waals surface area (Å²) in [5.41, 5.74) is 0. The summed E-state index contributed by atoms with van der Waals surface area (Å²) in [4.78, 5) is 10.4. The number of ether oxygens (including phenoxy) is 1. The van der Waals surface area contributed by atoms with Gasteiger partial charge in [0.25, 0.3) is 0 Å². The highest BCUT2D eigenvalue weighted by Crippen LogP contribution is 2.22. The molecule has 0 aromatic heterocycles. The van der Waals surface area contributed by atoms with Crippen LogP contribution in [-0.2, 0) is 4.79 Å². The van der Waals surface area contributed by atoms with Crippen LogP contribution >= 0.6 is 0 Å². The van der Waals surface area contributed by atoms with Gasteiger partial charge in [0.05, 0.1) is 0 Å². The van der Waals surface area contributed by atoms with Crippen LogP contribution in [0.3, 0.4) is 0 Å². The Balaban J connectivity index is 3.13. The molecule has 0 saturated heterocycles. The monoisotopic (exact) mass is 190 g/mol. The number of hydrogen-bond acceptors (Lipinski definition) is 2.